The van der Waals surface area contributed by atoms with Gasteiger partial charge < -0.3 is 25.4 Å². The van der Waals surface area contributed by atoms with Crippen molar-refractivity contribution in [2.24, 2.45) is 11.1 Å². The summed E-state index contributed by atoms with van der Waals surface area (Å²) in [5.74, 6) is 0.705. The first-order valence-electron chi connectivity index (χ1n) is 12.1. The zero-order valence-electron chi connectivity index (χ0n) is 19.9. The number of likely N-dealkylation sites (tertiary alicyclic amines) is 1. The van der Waals surface area contributed by atoms with Crippen LogP contribution in [0.3, 0.4) is 0 Å². The van der Waals surface area contributed by atoms with Crippen LogP contribution >= 0.6 is 11.6 Å². The fourth-order valence-corrected chi connectivity index (χ4v) is 5.12. The molecule has 5 rings (SSSR count). The van der Waals surface area contributed by atoms with Crippen molar-refractivity contribution in [3.63, 3.8) is 0 Å². The number of nitrogens with one attached hydrogen (secondary N) is 1. The Bertz CT molecular complexity index is 1260. The standard InChI is InChI=1S/C26H29ClFN5O3/c27-17-1-2-22-20(11-17)19(21(28)14-32-22)3-6-33-7-4-26(5-8-33,25(29)34)16-30-13-18-12-23-24(15-31-18)36-10-9-35-23/h1-2,11-12,14-15,30H,3-10,13,16H2,(H2,29,34). The van der Waals surface area contributed by atoms with Crippen LogP contribution in [0.1, 0.15) is 24.1 Å². The zero-order chi connectivity index (χ0) is 25.1. The van der Waals surface area contributed by atoms with Crippen LogP contribution in [0.5, 0.6) is 11.5 Å². The molecule has 3 aromatic rings. The maximum atomic E-state index is 14.6. The summed E-state index contributed by atoms with van der Waals surface area (Å²) >= 11 is 6.14. The van der Waals surface area contributed by atoms with Gasteiger partial charge in [0.1, 0.15) is 19.0 Å². The molecule has 0 radical (unpaired) electrons. The second-order valence-electron chi connectivity index (χ2n) is 9.41. The number of pyridine rings is 2. The largest absolute Gasteiger partial charge is 0.486 e. The summed E-state index contributed by atoms with van der Waals surface area (Å²) in [6.45, 7) is 4.08. The Balaban J connectivity index is 1.17. The van der Waals surface area contributed by atoms with Crippen molar-refractivity contribution >= 4 is 28.4 Å². The van der Waals surface area contributed by atoms with E-state index in [4.69, 9.17) is 26.8 Å². The van der Waals surface area contributed by atoms with Crippen LogP contribution in [-0.2, 0) is 17.8 Å². The van der Waals surface area contributed by atoms with E-state index in [1.807, 2.05) is 6.07 Å². The fraction of sp³-hybridized carbons (Fsp3) is 0.423. The molecule has 0 saturated carbocycles. The maximum absolute atomic E-state index is 14.6. The molecule has 1 amide bonds. The number of nitrogens with zero attached hydrogens (tertiary/aromatic N) is 3. The minimum absolute atomic E-state index is 0.300. The lowest BCUT2D eigenvalue weighted by Gasteiger charge is -2.40. The van der Waals surface area contributed by atoms with Gasteiger partial charge in [0.15, 0.2) is 11.5 Å². The highest BCUT2D eigenvalue weighted by Crippen LogP contribution is 2.32. The average molecular weight is 514 g/mol. The van der Waals surface area contributed by atoms with Crippen LogP contribution in [-0.4, -0.2) is 60.2 Å². The number of hydrogen-bond acceptors (Lipinski definition) is 7. The SMILES string of the molecule is NC(=O)C1(CNCc2cc3c(cn2)OCCO3)CCN(CCc2c(F)cnc3ccc(Cl)cc23)CC1. The summed E-state index contributed by atoms with van der Waals surface area (Å²) in [5, 5.41) is 4.65. The molecule has 0 unspecified atom stereocenters. The Morgan fingerprint density at radius 3 is 2.69 bits per heavy atom. The summed E-state index contributed by atoms with van der Waals surface area (Å²) < 4.78 is 25.7. The average Bonchev–Trinajstić information content (AvgIpc) is 2.89. The first kappa shape index (κ1) is 24.7. The van der Waals surface area contributed by atoms with E-state index in [9.17, 15) is 9.18 Å². The molecule has 1 aromatic carbocycles. The van der Waals surface area contributed by atoms with Crippen LogP contribution < -0.4 is 20.5 Å². The molecular weight excluding hydrogens is 485 g/mol. The van der Waals surface area contributed by atoms with Crippen LogP contribution in [0.2, 0.25) is 5.02 Å². The number of fused-ring (bicyclic) bond motifs is 2. The molecule has 2 aromatic heterocycles. The highest BCUT2D eigenvalue weighted by molar-refractivity contribution is 6.31. The van der Waals surface area contributed by atoms with Crippen LogP contribution in [0.4, 0.5) is 4.39 Å². The quantitative estimate of drug-likeness (QED) is 0.477. The third-order valence-electron chi connectivity index (χ3n) is 7.16. The van der Waals surface area contributed by atoms with Crippen molar-refractivity contribution in [1.82, 2.24) is 20.2 Å². The molecule has 0 spiro atoms. The topological polar surface area (TPSA) is 103 Å². The van der Waals surface area contributed by atoms with Gasteiger partial charge in [-0.3, -0.25) is 14.8 Å². The highest BCUT2D eigenvalue weighted by Gasteiger charge is 2.39. The number of amides is 1. The molecule has 3 N–H and O–H groups in total. The maximum Gasteiger partial charge on any atom is 0.225 e. The van der Waals surface area contributed by atoms with Crippen LogP contribution in [0.25, 0.3) is 10.9 Å². The number of halogens is 2. The van der Waals surface area contributed by atoms with Gasteiger partial charge >= 0.3 is 0 Å². The van der Waals surface area contributed by atoms with E-state index in [0.717, 1.165) is 16.6 Å². The second-order valence-corrected chi connectivity index (χ2v) is 9.84. The van der Waals surface area contributed by atoms with Gasteiger partial charge in [0.25, 0.3) is 0 Å². The number of primary amides is 1. The Labute approximate surface area is 213 Å². The number of benzene rings is 1. The van der Waals surface area contributed by atoms with Gasteiger partial charge in [0.05, 0.1) is 29.0 Å². The molecule has 2 aliphatic rings. The molecule has 2 aliphatic heterocycles. The number of carbonyl (C=O) groups excluding carboxylic acids is 1. The van der Waals surface area contributed by atoms with E-state index in [0.29, 0.717) is 87.3 Å². The third-order valence-corrected chi connectivity index (χ3v) is 7.39. The van der Waals surface area contributed by atoms with Gasteiger partial charge in [0, 0.05) is 41.7 Å². The number of carbonyl (C=O) groups is 1. The number of aromatic nitrogens is 2. The smallest absolute Gasteiger partial charge is 0.225 e. The number of hydrogen-bond donors (Lipinski definition) is 2. The van der Waals surface area contributed by atoms with Gasteiger partial charge in [-0.1, -0.05) is 11.6 Å². The van der Waals surface area contributed by atoms with Crippen molar-refractivity contribution in [1.29, 1.82) is 0 Å². The van der Waals surface area contributed by atoms with Crippen molar-refractivity contribution in [3.05, 3.63) is 58.8 Å². The zero-order valence-corrected chi connectivity index (χ0v) is 20.7. The fourth-order valence-electron chi connectivity index (χ4n) is 4.95. The number of rotatable bonds is 8. The second kappa shape index (κ2) is 10.5. The van der Waals surface area contributed by atoms with Crippen molar-refractivity contribution < 1.29 is 18.7 Å². The lowest BCUT2D eigenvalue weighted by atomic mass is 9.77. The molecule has 4 heterocycles. The lowest BCUT2D eigenvalue weighted by Crippen LogP contribution is -2.52. The minimum Gasteiger partial charge on any atom is -0.486 e. The Morgan fingerprint density at radius 2 is 1.92 bits per heavy atom. The molecule has 190 valence electrons. The Hall–Kier alpha value is -3.01. The van der Waals surface area contributed by atoms with Crippen molar-refractivity contribution in [2.45, 2.75) is 25.8 Å². The molecule has 0 atom stereocenters. The van der Waals surface area contributed by atoms with Crippen molar-refractivity contribution in [2.75, 3.05) is 39.4 Å². The number of ether oxygens (including phenoxy) is 2. The normalized spacial score (nSPS) is 17.3. The van der Waals surface area contributed by atoms with E-state index in [1.165, 1.54) is 6.20 Å². The van der Waals surface area contributed by atoms with Gasteiger partial charge in [-0.2, -0.15) is 0 Å². The van der Waals surface area contributed by atoms with E-state index in [1.54, 1.807) is 24.4 Å². The Kier molecular flexibility index (Phi) is 7.22. The highest BCUT2D eigenvalue weighted by atomic mass is 35.5. The number of piperidine rings is 1. The predicted molar refractivity (Wildman–Crippen MR) is 135 cm³/mol. The first-order valence-corrected chi connectivity index (χ1v) is 12.5. The molecular formula is C26H29ClFN5O3. The van der Waals surface area contributed by atoms with E-state index in [-0.39, 0.29) is 11.7 Å². The minimum atomic E-state index is -0.632. The Morgan fingerprint density at radius 1 is 1.14 bits per heavy atom. The van der Waals surface area contributed by atoms with Gasteiger partial charge in [0.2, 0.25) is 5.91 Å². The molecule has 10 heteroatoms. The van der Waals surface area contributed by atoms with E-state index >= 15 is 0 Å². The van der Waals surface area contributed by atoms with Gasteiger partial charge in [-0.25, -0.2) is 4.39 Å². The summed E-state index contributed by atoms with van der Waals surface area (Å²) in [6.07, 6.45) is 4.73. The third kappa shape index (κ3) is 5.23. The summed E-state index contributed by atoms with van der Waals surface area (Å²) in [6, 6.07) is 7.18. The van der Waals surface area contributed by atoms with Crippen LogP contribution in [0, 0.1) is 11.2 Å². The monoisotopic (exact) mass is 513 g/mol. The summed E-state index contributed by atoms with van der Waals surface area (Å²) in [4.78, 5) is 23.3. The van der Waals surface area contributed by atoms with E-state index in [2.05, 4.69) is 20.2 Å². The molecule has 0 bridgehead atoms. The molecule has 0 aliphatic carbocycles. The number of nitrogens with two attached hydrogens (primary N) is 1. The lowest BCUT2D eigenvalue weighted by molar-refractivity contribution is -0.130. The molecule has 1 fully saturated rings. The van der Waals surface area contributed by atoms with Gasteiger partial charge in [-0.05, 0) is 50.6 Å². The van der Waals surface area contributed by atoms with Gasteiger partial charge in [-0.15, -0.1) is 0 Å². The van der Waals surface area contributed by atoms with Crippen LogP contribution in [0.15, 0.2) is 36.7 Å². The van der Waals surface area contributed by atoms with E-state index < -0.39 is 5.41 Å². The summed E-state index contributed by atoms with van der Waals surface area (Å²) in [7, 11) is 0. The molecule has 1 saturated heterocycles. The molecule has 8 nitrogen and oxygen atoms in total. The first-order chi connectivity index (χ1) is 17.4. The predicted octanol–water partition coefficient (Wildman–Crippen LogP) is 3.09. The van der Waals surface area contributed by atoms with Crippen molar-refractivity contribution in [3.8, 4) is 11.5 Å². The molecule has 36 heavy (non-hydrogen) atoms. The summed E-state index contributed by atoms with van der Waals surface area (Å²) in [5.41, 5.74) is 7.37.